The largest absolute Gasteiger partial charge is 0.505 e. The highest BCUT2D eigenvalue weighted by Crippen LogP contribution is 2.40. The number of nitrogens with two attached hydrogens (primary N) is 1. The predicted octanol–water partition coefficient (Wildman–Crippen LogP) is 3.12. The summed E-state index contributed by atoms with van der Waals surface area (Å²) in [6.07, 6.45) is -4.58. The SMILES string of the molecule is CC(C)c1cc(N)c(O)c(C(F)(F)F)c1. The molecule has 1 rings (SSSR count). The van der Waals surface area contributed by atoms with E-state index in [9.17, 15) is 18.3 Å². The molecule has 0 aliphatic rings. The van der Waals surface area contributed by atoms with Crippen LogP contribution in [0.1, 0.15) is 30.9 Å². The molecule has 0 heterocycles. The van der Waals surface area contributed by atoms with Crippen LogP contribution in [0.4, 0.5) is 18.9 Å². The van der Waals surface area contributed by atoms with Gasteiger partial charge in [0.2, 0.25) is 0 Å². The first-order chi connectivity index (χ1) is 6.73. The van der Waals surface area contributed by atoms with Gasteiger partial charge in [-0.1, -0.05) is 13.8 Å². The number of rotatable bonds is 1. The van der Waals surface area contributed by atoms with E-state index in [1.54, 1.807) is 13.8 Å². The van der Waals surface area contributed by atoms with Crippen LogP contribution in [0.5, 0.6) is 5.75 Å². The van der Waals surface area contributed by atoms with E-state index in [2.05, 4.69) is 0 Å². The van der Waals surface area contributed by atoms with Crippen LogP contribution in [0, 0.1) is 0 Å². The lowest BCUT2D eigenvalue weighted by Gasteiger charge is -2.14. The summed E-state index contributed by atoms with van der Waals surface area (Å²) in [7, 11) is 0. The highest BCUT2D eigenvalue weighted by molar-refractivity contribution is 5.59. The van der Waals surface area contributed by atoms with Crippen LogP contribution < -0.4 is 5.73 Å². The fourth-order valence-electron chi connectivity index (χ4n) is 1.23. The molecule has 2 nitrogen and oxygen atoms in total. The topological polar surface area (TPSA) is 46.2 Å². The van der Waals surface area contributed by atoms with Crippen LogP contribution in [0.3, 0.4) is 0 Å². The summed E-state index contributed by atoms with van der Waals surface area (Å²) < 4.78 is 37.4. The quantitative estimate of drug-likeness (QED) is 0.563. The summed E-state index contributed by atoms with van der Waals surface area (Å²) in [5.41, 5.74) is 4.44. The third-order valence-electron chi connectivity index (χ3n) is 2.13. The van der Waals surface area contributed by atoms with Crippen molar-refractivity contribution in [2.75, 3.05) is 5.73 Å². The van der Waals surface area contributed by atoms with E-state index < -0.39 is 17.5 Å². The minimum atomic E-state index is -4.58. The van der Waals surface area contributed by atoms with Gasteiger partial charge in [0.1, 0.15) is 0 Å². The zero-order valence-electron chi connectivity index (χ0n) is 8.39. The van der Waals surface area contributed by atoms with Crippen LogP contribution >= 0.6 is 0 Å². The van der Waals surface area contributed by atoms with E-state index in [1.807, 2.05) is 0 Å². The van der Waals surface area contributed by atoms with Crippen LogP contribution in [0.25, 0.3) is 0 Å². The smallest absolute Gasteiger partial charge is 0.420 e. The number of benzene rings is 1. The van der Waals surface area contributed by atoms with Gasteiger partial charge in [0.05, 0.1) is 11.3 Å². The minimum Gasteiger partial charge on any atom is -0.505 e. The van der Waals surface area contributed by atoms with Crippen molar-refractivity contribution in [1.82, 2.24) is 0 Å². The Hall–Kier alpha value is -1.39. The van der Waals surface area contributed by atoms with Gasteiger partial charge in [0, 0.05) is 0 Å². The van der Waals surface area contributed by atoms with E-state index in [4.69, 9.17) is 5.73 Å². The second-order valence-corrected chi connectivity index (χ2v) is 3.66. The summed E-state index contributed by atoms with van der Waals surface area (Å²) in [5, 5.41) is 9.19. The third kappa shape index (κ3) is 2.34. The van der Waals surface area contributed by atoms with Crippen LogP contribution in [0.15, 0.2) is 12.1 Å². The molecule has 0 aromatic heterocycles. The third-order valence-corrected chi connectivity index (χ3v) is 2.13. The highest BCUT2D eigenvalue weighted by Gasteiger charge is 2.35. The number of alkyl halides is 3. The number of halogens is 3. The highest BCUT2D eigenvalue weighted by atomic mass is 19.4. The van der Waals surface area contributed by atoms with Crippen LogP contribution in [-0.2, 0) is 6.18 Å². The first-order valence-electron chi connectivity index (χ1n) is 4.43. The van der Waals surface area contributed by atoms with Crippen molar-refractivity contribution in [3.8, 4) is 5.75 Å². The van der Waals surface area contributed by atoms with Gasteiger partial charge in [-0.15, -0.1) is 0 Å². The number of nitrogen functional groups attached to an aromatic ring is 1. The van der Waals surface area contributed by atoms with Gasteiger partial charge in [0.15, 0.2) is 5.75 Å². The fraction of sp³-hybridized carbons (Fsp3) is 0.400. The molecule has 1 aromatic carbocycles. The molecule has 0 atom stereocenters. The molecule has 5 heteroatoms. The van der Waals surface area contributed by atoms with Gasteiger partial charge in [-0.25, -0.2) is 0 Å². The van der Waals surface area contributed by atoms with Crippen molar-refractivity contribution in [3.05, 3.63) is 23.3 Å². The molecule has 1 aromatic rings. The number of phenolic OH excluding ortho intramolecular Hbond substituents is 1. The van der Waals surface area contributed by atoms with Gasteiger partial charge >= 0.3 is 6.18 Å². The van der Waals surface area contributed by atoms with Crippen LogP contribution in [0.2, 0.25) is 0 Å². The average Bonchev–Trinajstić information content (AvgIpc) is 2.06. The van der Waals surface area contributed by atoms with E-state index in [-0.39, 0.29) is 11.6 Å². The second-order valence-electron chi connectivity index (χ2n) is 3.66. The maximum absolute atomic E-state index is 12.5. The average molecular weight is 219 g/mol. The Kier molecular flexibility index (Phi) is 2.83. The van der Waals surface area contributed by atoms with E-state index in [0.717, 1.165) is 6.07 Å². The van der Waals surface area contributed by atoms with E-state index >= 15 is 0 Å². The molecule has 0 aliphatic carbocycles. The number of phenols is 1. The normalized spacial score (nSPS) is 12.1. The zero-order chi connectivity index (χ0) is 11.8. The molecule has 3 N–H and O–H groups in total. The van der Waals surface area contributed by atoms with Gasteiger partial charge in [-0.3, -0.25) is 0 Å². The molecule has 0 saturated carbocycles. The van der Waals surface area contributed by atoms with Gasteiger partial charge in [-0.05, 0) is 23.6 Å². The molecule has 0 aliphatic heterocycles. The molecule has 0 spiro atoms. The van der Waals surface area contributed by atoms with Gasteiger partial charge in [-0.2, -0.15) is 13.2 Å². The molecular weight excluding hydrogens is 207 g/mol. The zero-order valence-corrected chi connectivity index (χ0v) is 8.39. The minimum absolute atomic E-state index is 0.0750. The number of aromatic hydroxyl groups is 1. The summed E-state index contributed by atoms with van der Waals surface area (Å²) in [4.78, 5) is 0. The molecule has 84 valence electrons. The molecule has 0 bridgehead atoms. The lowest BCUT2D eigenvalue weighted by molar-refractivity contribution is -0.138. The molecule has 15 heavy (non-hydrogen) atoms. The first kappa shape index (κ1) is 11.7. The first-order valence-corrected chi connectivity index (χ1v) is 4.43. The monoisotopic (exact) mass is 219 g/mol. The molecule has 0 saturated heterocycles. The Bertz CT molecular complexity index is 372. The second kappa shape index (κ2) is 3.64. The molecular formula is C10H12F3NO. The Morgan fingerprint density at radius 1 is 1.27 bits per heavy atom. The van der Waals surface area contributed by atoms with E-state index in [0.29, 0.717) is 5.56 Å². The lowest BCUT2D eigenvalue weighted by atomic mass is 9.99. The Morgan fingerprint density at radius 3 is 2.20 bits per heavy atom. The molecule has 0 radical (unpaired) electrons. The summed E-state index contributed by atoms with van der Waals surface area (Å²) in [5.74, 6) is -0.971. The maximum Gasteiger partial charge on any atom is 0.420 e. The predicted molar refractivity (Wildman–Crippen MR) is 51.6 cm³/mol. The molecule has 0 amide bonds. The standard InChI is InChI=1S/C10H12F3NO/c1-5(2)6-3-7(10(11,12)13)9(15)8(14)4-6/h3-5,15H,14H2,1-2H3. The van der Waals surface area contributed by atoms with Crippen molar-refractivity contribution in [3.63, 3.8) is 0 Å². The van der Waals surface area contributed by atoms with Gasteiger partial charge in [0.25, 0.3) is 0 Å². The van der Waals surface area contributed by atoms with Crippen molar-refractivity contribution in [2.45, 2.75) is 25.9 Å². The van der Waals surface area contributed by atoms with Crippen molar-refractivity contribution >= 4 is 5.69 Å². The Morgan fingerprint density at radius 2 is 1.80 bits per heavy atom. The van der Waals surface area contributed by atoms with Crippen LogP contribution in [-0.4, -0.2) is 5.11 Å². The van der Waals surface area contributed by atoms with Crippen molar-refractivity contribution < 1.29 is 18.3 Å². The lowest BCUT2D eigenvalue weighted by Crippen LogP contribution is -2.08. The summed E-state index contributed by atoms with van der Waals surface area (Å²) in [6, 6.07) is 2.28. The summed E-state index contributed by atoms with van der Waals surface area (Å²) in [6.45, 7) is 3.51. The fourth-order valence-corrected chi connectivity index (χ4v) is 1.23. The maximum atomic E-state index is 12.5. The Labute approximate surface area is 85.5 Å². The molecule has 0 fully saturated rings. The molecule has 0 unspecified atom stereocenters. The number of hydrogen-bond acceptors (Lipinski definition) is 2. The van der Waals surface area contributed by atoms with Crippen molar-refractivity contribution in [2.24, 2.45) is 0 Å². The number of anilines is 1. The van der Waals surface area contributed by atoms with Gasteiger partial charge < -0.3 is 10.8 Å². The van der Waals surface area contributed by atoms with E-state index in [1.165, 1.54) is 6.07 Å². The van der Waals surface area contributed by atoms with Crippen molar-refractivity contribution in [1.29, 1.82) is 0 Å². The summed E-state index contributed by atoms with van der Waals surface area (Å²) >= 11 is 0. The number of hydrogen-bond donors (Lipinski definition) is 2. The Balaban J connectivity index is 3.38.